The summed E-state index contributed by atoms with van der Waals surface area (Å²) >= 11 is 1.35. The number of anilines is 2. The van der Waals surface area contributed by atoms with E-state index in [1.54, 1.807) is 31.2 Å². The maximum Gasteiger partial charge on any atom is 0.271 e. The predicted molar refractivity (Wildman–Crippen MR) is 152 cm³/mol. The van der Waals surface area contributed by atoms with E-state index >= 15 is 0 Å². The second-order valence-electron chi connectivity index (χ2n) is 8.41. The Balaban J connectivity index is 1.47. The Morgan fingerprint density at radius 2 is 1.53 bits per heavy atom. The molecule has 1 unspecified atom stereocenters. The van der Waals surface area contributed by atoms with Crippen molar-refractivity contribution in [2.45, 2.75) is 17.1 Å². The van der Waals surface area contributed by atoms with Crippen molar-refractivity contribution in [3.63, 3.8) is 0 Å². The van der Waals surface area contributed by atoms with Crippen molar-refractivity contribution >= 4 is 46.7 Å². The molecule has 1 atom stereocenters. The summed E-state index contributed by atoms with van der Waals surface area (Å²) in [5.41, 5.74) is 3.38. The van der Waals surface area contributed by atoms with Crippen LogP contribution in [0.5, 0.6) is 0 Å². The molecule has 0 aromatic heterocycles. The van der Waals surface area contributed by atoms with Crippen LogP contribution in [0, 0.1) is 17.0 Å². The van der Waals surface area contributed by atoms with Crippen LogP contribution in [0.15, 0.2) is 114 Å². The number of hydrogen-bond acceptors (Lipinski definition) is 5. The van der Waals surface area contributed by atoms with Crippen LogP contribution in [0.1, 0.15) is 21.9 Å². The van der Waals surface area contributed by atoms with Crippen molar-refractivity contribution < 1.29 is 14.5 Å². The topological polar surface area (TPSA) is 101 Å². The molecule has 4 rings (SSSR count). The molecular weight excluding hydrogens is 498 g/mol. The van der Waals surface area contributed by atoms with Gasteiger partial charge in [0.15, 0.2) is 0 Å². The largest absolute Gasteiger partial charge is 0.324 e. The van der Waals surface area contributed by atoms with Crippen molar-refractivity contribution in [3.05, 3.63) is 136 Å². The molecule has 8 heteroatoms. The van der Waals surface area contributed by atoms with E-state index < -0.39 is 10.2 Å². The van der Waals surface area contributed by atoms with Crippen LogP contribution in [0.25, 0.3) is 6.08 Å². The van der Waals surface area contributed by atoms with Crippen molar-refractivity contribution in [2.75, 3.05) is 10.6 Å². The molecule has 0 radical (unpaired) electrons. The summed E-state index contributed by atoms with van der Waals surface area (Å²) in [6.07, 6.45) is 3.22. The van der Waals surface area contributed by atoms with Gasteiger partial charge in [0.25, 0.3) is 5.69 Å². The van der Waals surface area contributed by atoms with Crippen LogP contribution in [-0.2, 0) is 9.59 Å². The van der Waals surface area contributed by atoms with E-state index in [1.165, 1.54) is 30.0 Å². The van der Waals surface area contributed by atoms with Gasteiger partial charge < -0.3 is 10.6 Å². The Morgan fingerprint density at radius 3 is 2.18 bits per heavy atom. The van der Waals surface area contributed by atoms with Gasteiger partial charge in [-0.1, -0.05) is 66.7 Å². The average molecular weight is 524 g/mol. The number of thioether (sulfide) groups is 1. The van der Waals surface area contributed by atoms with E-state index in [0.717, 1.165) is 21.6 Å². The Labute approximate surface area is 224 Å². The number of non-ortho nitro benzene ring substituents is 1. The molecule has 2 amide bonds. The zero-order valence-corrected chi connectivity index (χ0v) is 21.4. The molecule has 7 nitrogen and oxygen atoms in total. The molecule has 0 bridgehead atoms. The molecule has 0 aliphatic rings. The fraction of sp³-hybridized carbons (Fsp3) is 0.0667. The summed E-state index contributed by atoms with van der Waals surface area (Å²) in [7, 11) is 0. The highest BCUT2D eigenvalue weighted by molar-refractivity contribution is 8.00. The summed E-state index contributed by atoms with van der Waals surface area (Å²) in [4.78, 5) is 37.2. The number of nitro groups is 1. The van der Waals surface area contributed by atoms with Crippen molar-refractivity contribution in [1.29, 1.82) is 0 Å². The number of amides is 2. The molecule has 38 heavy (non-hydrogen) atoms. The second kappa shape index (κ2) is 12.5. The zero-order valence-electron chi connectivity index (χ0n) is 20.5. The monoisotopic (exact) mass is 523 g/mol. The number of carbonyl (C=O) groups excluding carboxylic acids is 2. The first-order chi connectivity index (χ1) is 18.4. The quantitative estimate of drug-likeness (QED) is 0.106. The van der Waals surface area contributed by atoms with Gasteiger partial charge in [-0.05, 0) is 54.0 Å². The summed E-state index contributed by atoms with van der Waals surface area (Å²) < 4.78 is 0. The van der Waals surface area contributed by atoms with E-state index in [-0.39, 0.29) is 17.5 Å². The summed E-state index contributed by atoms with van der Waals surface area (Å²) in [5.74, 6) is -0.545. The van der Waals surface area contributed by atoms with Gasteiger partial charge in [-0.25, -0.2) is 0 Å². The van der Waals surface area contributed by atoms with Crippen LogP contribution in [0.2, 0.25) is 0 Å². The number of nitro benzene ring substituents is 1. The lowest BCUT2D eigenvalue weighted by Crippen LogP contribution is -2.19. The van der Waals surface area contributed by atoms with Gasteiger partial charge in [0.05, 0.1) is 10.6 Å². The third-order valence-electron chi connectivity index (χ3n) is 5.63. The van der Waals surface area contributed by atoms with E-state index in [2.05, 4.69) is 10.6 Å². The first kappa shape index (κ1) is 26.4. The van der Waals surface area contributed by atoms with Crippen molar-refractivity contribution in [2.24, 2.45) is 0 Å². The SMILES string of the molecule is Cc1ccc([N+](=O)[O-])cc1NC(=O)C(Sc1ccc(NC(=O)/C=C/c2ccccc2)cc1)c1ccccc1. The van der Waals surface area contributed by atoms with E-state index in [4.69, 9.17) is 0 Å². The number of hydrogen-bond donors (Lipinski definition) is 2. The number of carbonyl (C=O) groups is 2. The normalized spacial score (nSPS) is 11.6. The maximum absolute atomic E-state index is 13.4. The Kier molecular flexibility index (Phi) is 8.69. The van der Waals surface area contributed by atoms with Crippen molar-refractivity contribution in [1.82, 2.24) is 0 Å². The molecule has 0 saturated carbocycles. The Morgan fingerprint density at radius 1 is 0.868 bits per heavy atom. The highest BCUT2D eigenvalue weighted by Gasteiger charge is 2.23. The van der Waals surface area contributed by atoms with E-state index in [9.17, 15) is 19.7 Å². The molecule has 4 aromatic carbocycles. The first-order valence-corrected chi connectivity index (χ1v) is 12.7. The van der Waals surface area contributed by atoms with E-state index in [1.807, 2.05) is 72.8 Å². The molecule has 0 spiro atoms. The van der Waals surface area contributed by atoms with Crippen LogP contribution in [-0.4, -0.2) is 16.7 Å². The first-order valence-electron chi connectivity index (χ1n) is 11.8. The van der Waals surface area contributed by atoms with E-state index in [0.29, 0.717) is 11.4 Å². The standard InChI is InChI=1S/C30H25N3O4S/c1-21-12-16-25(33(36)37)20-27(21)32-30(35)29(23-10-6-3-7-11-23)38-26-17-14-24(15-18-26)31-28(34)19-13-22-8-4-2-5-9-22/h2-20,29H,1H3,(H,31,34)(H,32,35)/b19-13+. The fourth-order valence-electron chi connectivity index (χ4n) is 3.63. The minimum absolute atomic E-state index is 0.0916. The van der Waals surface area contributed by atoms with Gasteiger partial charge >= 0.3 is 0 Å². The zero-order chi connectivity index (χ0) is 26.9. The van der Waals surface area contributed by atoms with Gasteiger partial charge in [0.2, 0.25) is 11.8 Å². The molecule has 190 valence electrons. The highest BCUT2D eigenvalue weighted by Crippen LogP contribution is 2.37. The fourth-order valence-corrected chi connectivity index (χ4v) is 4.65. The average Bonchev–Trinajstić information content (AvgIpc) is 2.93. The molecular formula is C30H25N3O4S. The molecule has 4 aromatic rings. The summed E-state index contributed by atoms with van der Waals surface area (Å²) in [6, 6.07) is 30.5. The number of benzene rings is 4. The molecule has 2 N–H and O–H groups in total. The maximum atomic E-state index is 13.4. The lowest BCUT2D eigenvalue weighted by molar-refractivity contribution is -0.384. The number of rotatable bonds is 9. The van der Waals surface area contributed by atoms with Crippen LogP contribution in [0.3, 0.4) is 0 Å². The van der Waals surface area contributed by atoms with Gasteiger partial charge in [-0.3, -0.25) is 19.7 Å². The number of nitrogens with zero attached hydrogens (tertiary/aromatic N) is 1. The molecule has 0 heterocycles. The lowest BCUT2D eigenvalue weighted by atomic mass is 10.1. The van der Waals surface area contributed by atoms with Gasteiger partial charge in [-0.15, -0.1) is 11.8 Å². The van der Waals surface area contributed by atoms with Crippen LogP contribution in [0.4, 0.5) is 17.1 Å². The van der Waals surface area contributed by atoms with Crippen LogP contribution >= 0.6 is 11.8 Å². The Bertz CT molecular complexity index is 1460. The molecule has 0 aliphatic heterocycles. The summed E-state index contributed by atoms with van der Waals surface area (Å²) in [5, 5.41) is 16.3. The third-order valence-corrected chi connectivity index (χ3v) is 6.90. The number of aryl methyl sites for hydroxylation is 1. The van der Waals surface area contributed by atoms with Gasteiger partial charge in [0.1, 0.15) is 5.25 Å². The minimum Gasteiger partial charge on any atom is -0.324 e. The molecule has 0 aliphatic carbocycles. The Hall–Kier alpha value is -4.69. The smallest absolute Gasteiger partial charge is 0.271 e. The molecule has 0 saturated heterocycles. The lowest BCUT2D eigenvalue weighted by Gasteiger charge is -2.18. The molecule has 0 fully saturated rings. The third kappa shape index (κ3) is 7.18. The van der Waals surface area contributed by atoms with Gasteiger partial charge in [-0.2, -0.15) is 0 Å². The van der Waals surface area contributed by atoms with Gasteiger partial charge in [0, 0.05) is 28.8 Å². The predicted octanol–water partition coefficient (Wildman–Crippen LogP) is 7.03. The summed E-state index contributed by atoms with van der Waals surface area (Å²) in [6.45, 7) is 1.78. The van der Waals surface area contributed by atoms with Crippen LogP contribution < -0.4 is 10.6 Å². The second-order valence-corrected chi connectivity index (χ2v) is 9.59. The number of nitrogens with one attached hydrogen (secondary N) is 2. The van der Waals surface area contributed by atoms with Crippen molar-refractivity contribution in [3.8, 4) is 0 Å². The highest BCUT2D eigenvalue weighted by atomic mass is 32.2. The minimum atomic E-state index is -0.607.